The zero-order valence-corrected chi connectivity index (χ0v) is 45.6. The first-order valence-corrected chi connectivity index (χ1v) is 25.7. The number of aliphatic hydroxyl groups excluding tert-OH is 1. The van der Waals surface area contributed by atoms with Gasteiger partial charge in [-0.05, 0) is 112 Å². The van der Waals surface area contributed by atoms with Crippen LogP contribution in [-0.2, 0) is 43.0 Å². The molecular formula is C52H86N8O12. The minimum atomic E-state index is -1.50. The Hall–Kier alpha value is -5.01. The molecule has 9 N–H and O–H groups in total. The lowest BCUT2D eigenvalue weighted by Crippen LogP contribution is -2.61. The molecule has 0 spiro atoms. The van der Waals surface area contributed by atoms with Crippen LogP contribution in [0.5, 0.6) is 0 Å². The number of Topliss-reactive ketones (excluding diaryl/α,β-unsaturated/α-hetero) is 1. The number of primary amides is 2. The molecule has 20 heteroatoms. The molecular weight excluding hydrogens is 929 g/mol. The van der Waals surface area contributed by atoms with Crippen LogP contribution in [0.4, 0.5) is 9.59 Å². The molecule has 0 bridgehead atoms. The molecule has 0 aromatic carbocycles. The summed E-state index contributed by atoms with van der Waals surface area (Å²) in [6, 6.07) is -5.24. The van der Waals surface area contributed by atoms with E-state index in [2.05, 4.69) is 49.0 Å². The summed E-state index contributed by atoms with van der Waals surface area (Å²) >= 11 is 0. The molecule has 20 nitrogen and oxygen atoms in total. The summed E-state index contributed by atoms with van der Waals surface area (Å²) in [7, 11) is 0. The molecule has 11 atom stereocenters. The van der Waals surface area contributed by atoms with Gasteiger partial charge in [-0.3, -0.25) is 33.6 Å². The number of amides is 8. The van der Waals surface area contributed by atoms with Gasteiger partial charge >= 0.3 is 12.2 Å². The van der Waals surface area contributed by atoms with Gasteiger partial charge in [0.2, 0.25) is 35.3 Å². The number of hydrogen-bond acceptors (Lipinski definition) is 12. The van der Waals surface area contributed by atoms with Crippen molar-refractivity contribution in [3.05, 3.63) is 0 Å². The molecule has 4 saturated carbocycles. The van der Waals surface area contributed by atoms with Crippen LogP contribution in [0, 0.1) is 57.2 Å². The normalized spacial score (nSPS) is 26.8. The molecule has 7 unspecified atom stereocenters. The molecule has 2 aliphatic heterocycles. The Balaban J connectivity index is 0.000000267. The van der Waals surface area contributed by atoms with Gasteiger partial charge in [-0.1, -0.05) is 94.9 Å². The summed E-state index contributed by atoms with van der Waals surface area (Å²) in [6.07, 6.45) is 1.74. The third-order valence-electron chi connectivity index (χ3n) is 15.5. The number of fused-ring (bicyclic) bond motifs is 2. The van der Waals surface area contributed by atoms with Crippen molar-refractivity contribution < 1.29 is 57.7 Å². The van der Waals surface area contributed by atoms with E-state index in [4.69, 9.17) is 20.9 Å². The Morgan fingerprint density at radius 2 is 0.944 bits per heavy atom. The highest BCUT2D eigenvalue weighted by Gasteiger charge is 2.71. The lowest BCUT2D eigenvalue weighted by molar-refractivity contribution is -0.145. The number of aliphatic hydroxyl groups is 1. The van der Waals surface area contributed by atoms with Crippen molar-refractivity contribution in [3.63, 3.8) is 0 Å². The van der Waals surface area contributed by atoms with Crippen molar-refractivity contribution in [2.24, 2.45) is 68.6 Å². The molecule has 8 amide bonds. The number of hydrogen-bond donors (Lipinski definition) is 7. The maximum atomic E-state index is 13.9. The van der Waals surface area contributed by atoms with E-state index in [1.807, 2.05) is 41.5 Å². The summed E-state index contributed by atoms with van der Waals surface area (Å²) in [5.74, 6) is -3.69. The second-order valence-corrected chi connectivity index (χ2v) is 26.8. The average molecular weight is 1020 g/mol. The van der Waals surface area contributed by atoms with Gasteiger partial charge in [-0.2, -0.15) is 0 Å². The number of nitrogens with two attached hydrogens (primary N) is 2. The number of nitrogens with one attached hydrogen (secondary N) is 4. The molecule has 0 radical (unpaired) electrons. The summed E-state index contributed by atoms with van der Waals surface area (Å²) in [4.78, 5) is 119. The van der Waals surface area contributed by atoms with Crippen LogP contribution in [0.3, 0.4) is 0 Å². The monoisotopic (exact) mass is 1010 g/mol. The molecule has 6 aliphatic rings. The Morgan fingerprint density at radius 1 is 0.583 bits per heavy atom. The number of rotatable bonds is 16. The van der Waals surface area contributed by atoms with E-state index >= 15 is 0 Å². The van der Waals surface area contributed by atoms with Crippen LogP contribution in [0.15, 0.2) is 0 Å². The van der Waals surface area contributed by atoms with Crippen molar-refractivity contribution in [1.82, 2.24) is 31.1 Å². The van der Waals surface area contributed by atoms with Crippen LogP contribution < -0.4 is 32.7 Å². The van der Waals surface area contributed by atoms with Gasteiger partial charge in [0.05, 0.1) is 12.1 Å². The van der Waals surface area contributed by atoms with E-state index in [1.165, 1.54) is 4.90 Å². The molecule has 406 valence electrons. The van der Waals surface area contributed by atoms with Crippen molar-refractivity contribution in [3.8, 4) is 0 Å². The van der Waals surface area contributed by atoms with Crippen molar-refractivity contribution in [2.45, 2.75) is 203 Å². The van der Waals surface area contributed by atoms with E-state index in [1.54, 1.807) is 46.4 Å². The van der Waals surface area contributed by atoms with Crippen LogP contribution in [0.25, 0.3) is 0 Å². The summed E-state index contributed by atoms with van der Waals surface area (Å²) in [6.45, 7) is 30.5. The topological polar surface area (TPSA) is 299 Å². The fourth-order valence-electron chi connectivity index (χ4n) is 10.9. The Morgan fingerprint density at radius 3 is 1.26 bits per heavy atom. The van der Waals surface area contributed by atoms with Gasteiger partial charge in [0.25, 0.3) is 5.91 Å². The van der Waals surface area contributed by atoms with Crippen molar-refractivity contribution >= 4 is 53.4 Å². The number of piperidine rings is 2. The number of ether oxygens (including phenoxy) is 2. The number of carbonyl (C=O) groups excluding carboxylic acids is 9. The van der Waals surface area contributed by atoms with Gasteiger partial charge in [0.15, 0.2) is 6.10 Å². The zero-order valence-electron chi connectivity index (χ0n) is 45.6. The predicted octanol–water partition coefficient (Wildman–Crippen LogP) is 3.29. The van der Waals surface area contributed by atoms with E-state index < -0.39 is 106 Å². The highest BCUT2D eigenvalue weighted by Crippen LogP contribution is 2.66. The third kappa shape index (κ3) is 13.8. The first kappa shape index (κ1) is 57.9. The lowest BCUT2D eigenvalue weighted by Gasteiger charge is -2.38. The Labute approximate surface area is 425 Å². The number of likely N-dealkylation sites (tertiary alicyclic amines) is 2. The number of nitrogens with zero attached hydrogens (tertiary/aromatic N) is 2. The van der Waals surface area contributed by atoms with Gasteiger partial charge in [-0.25, -0.2) is 9.59 Å². The lowest BCUT2D eigenvalue weighted by atomic mass is 9.85. The highest BCUT2D eigenvalue weighted by molar-refractivity contribution is 6.37. The fraction of sp³-hybridized carbons (Fsp3) is 0.827. The Kier molecular flexibility index (Phi) is 16.4. The first-order valence-electron chi connectivity index (χ1n) is 25.7. The molecule has 0 aromatic rings. The fourth-order valence-corrected chi connectivity index (χ4v) is 10.9. The maximum absolute atomic E-state index is 13.9. The largest absolute Gasteiger partial charge is 0.444 e. The van der Waals surface area contributed by atoms with Gasteiger partial charge in [0, 0.05) is 13.1 Å². The third-order valence-corrected chi connectivity index (χ3v) is 15.5. The smallest absolute Gasteiger partial charge is 0.408 e. The van der Waals surface area contributed by atoms with Crippen LogP contribution in [-0.4, -0.2) is 135 Å². The molecule has 2 saturated heterocycles. The van der Waals surface area contributed by atoms with E-state index in [0.29, 0.717) is 31.8 Å². The molecule has 72 heavy (non-hydrogen) atoms. The zero-order chi connectivity index (χ0) is 54.8. The second-order valence-electron chi connectivity index (χ2n) is 26.8. The summed E-state index contributed by atoms with van der Waals surface area (Å²) < 4.78 is 10.8. The quantitative estimate of drug-likeness (QED) is 0.110. The van der Waals surface area contributed by atoms with Crippen LogP contribution in [0.2, 0.25) is 0 Å². The number of ketones is 1. The van der Waals surface area contributed by atoms with E-state index in [9.17, 15) is 48.3 Å². The predicted molar refractivity (Wildman–Crippen MR) is 266 cm³/mol. The van der Waals surface area contributed by atoms with Gasteiger partial charge < -0.3 is 57.1 Å². The number of carbonyl (C=O) groups is 9. The van der Waals surface area contributed by atoms with Crippen molar-refractivity contribution in [2.75, 3.05) is 13.1 Å². The standard InChI is InChI=1S/C26H44N4O6.C26H42N4O6/c2*1-24(2,3)19(29-23(35)36-25(4,5)6)22(34)30-12-14-16(26(14,7)8)17(30)21(33)28-15(11-13-9-10-13)18(31)20(27)32/h13-19,31H,9-12H2,1-8H3,(H2,27,32)(H,28,33)(H,29,35);13-17,19H,9-12H2,1-8H3,(H2,27,32)(H,28,33)(H,29,35)/t14?,15?,16-,17?,18?,19+;14?,15?,16-,17?,19+/m00/s1. The minimum absolute atomic E-state index is 0.0594. The van der Waals surface area contributed by atoms with Gasteiger partial charge in [0.1, 0.15) is 35.4 Å². The van der Waals surface area contributed by atoms with Crippen LogP contribution >= 0.6 is 0 Å². The average Bonchev–Trinajstić information content (AvgIpc) is 4.19. The maximum Gasteiger partial charge on any atom is 0.408 e. The van der Waals surface area contributed by atoms with Crippen LogP contribution in [0.1, 0.15) is 149 Å². The van der Waals surface area contributed by atoms with E-state index in [-0.39, 0.29) is 52.2 Å². The molecule has 4 aliphatic carbocycles. The van der Waals surface area contributed by atoms with E-state index in [0.717, 1.165) is 25.7 Å². The van der Waals surface area contributed by atoms with Crippen molar-refractivity contribution in [1.29, 1.82) is 0 Å². The second kappa shape index (κ2) is 20.4. The molecule has 2 heterocycles. The molecule has 0 aromatic heterocycles. The highest BCUT2D eigenvalue weighted by atomic mass is 16.6. The number of alkyl carbamates (subject to hydrolysis) is 2. The minimum Gasteiger partial charge on any atom is -0.444 e. The molecule has 6 rings (SSSR count). The molecule has 6 fully saturated rings. The van der Waals surface area contributed by atoms with Gasteiger partial charge in [-0.15, -0.1) is 0 Å². The summed E-state index contributed by atoms with van der Waals surface area (Å²) in [5, 5.41) is 21.4. The Bertz CT molecular complexity index is 2140. The first-order chi connectivity index (χ1) is 32.7. The summed E-state index contributed by atoms with van der Waals surface area (Å²) in [5.41, 5.74) is 7.54. The SMILES string of the molecule is CC(C)(C)OC(=O)N[C@H](C(=O)N1CC2[C@@H](C1C(=O)NC(CC1CC1)C(=O)C(N)=O)C2(C)C)C(C)(C)C.CC(C)(C)OC(=O)N[C@H](C(=O)N1CC2[C@@H](C1C(=O)NC(CC1CC1)C(O)C(N)=O)C2(C)C)C(C)(C)C.